The largest absolute Gasteiger partial charge is 0.481 e. The number of benzene rings is 1. The van der Waals surface area contributed by atoms with Crippen molar-refractivity contribution in [3.8, 4) is 5.88 Å². The van der Waals surface area contributed by atoms with E-state index in [1.165, 1.54) is 0 Å². The maximum atomic E-state index is 5.23. The van der Waals surface area contributed by atoms with Crippen molar-refractivity contribution in [3.05, 3.63) is 60.3 Å². The van der Waals surface area contributed by atoms with Gasteiger partial charge in [0.05, 0.1) is 12.6 Å². The molecule has 20 heavy (non-hydrogen) atoms. The molecular weight excluding hydrogens is 250 g/mol. The average Bonchev–Trinajstić information content (AvgIpc) is 2.53. The lowest BCUT2D eigenvalue weighted by Gasteiger charge is -2.09. The summed E-state index contributed by atoms with van der Waals surface area (Å²) < 4.78 is 5.23. The number of pyridine rings is 2. The number of ether oxygens (including phenoxy) is 1. The van der Waals surface area contributed by atoms with Gasteiger partial charge >= 0.3 is 0 Å². The highest BCUT2D eigenvalue weighted by Gasteiger charge is 2.03. The van der Waals surface area contributed by atoms with Crippen molar-refractivity contribution in [1.82, 2.24) is 9.97 Å². The van der Waals surface area contributed by atoms with E-state index >= 15 is 0 Å². The maximum absolute atomic E-state index is 5.23. The molecule has 0 aliphatic heterocycles. The number of aromatic nitrogens is 2. The molecule has 1 aromatic carbocycles. The third-order valence-corrected chi connectivity index (χ3v) is 3.10. The Hall–Kier alpha value is -2.62. The molecule has 0 bridgehead atoms. The SMILES string of the molecule is COc1ncccc1CNc1ccc2ccccc2n1. The van der Waals surface area contributed by atoms with E-state index in [4.69, 9.17) is 4.74 Å². The van der Waals surface area contributed by atoms with E-state index in [0.717, 1.165) is 22.3 Å². The standard InChI is InChI=1S/C16H15N3O/c1-20-16-13(6-4-10-17-16)11-18-15-9-8-12-5-2-3-7-14(12)19-15/h2-10H,11H2,1H3,(H,18,19). The smallest absolute Gasteiger partial charge is 0.218 e. The summed E-state index contributed by atoms with van der Waals surface area (Å²) in [5.41, 5.74) is 1.99. The first kappa shape index (κ1) is 12.4. The van der Waals surface area contributed by atoms with E-state index < -0.39 is 0 Å². The van der Waals surface area contributed by atoms with E-state index in [-0.39, 0.29) is 0 Å². The Morgan fingerprint density at radius 2 is 1.95 bits per heavy atom. The minimum Gasteiger partial charge on any atom is -0.481 e. The second-order valence-electron chi connectivity index (χ2n) is 4.41. The topological polar surface area (TPSA) is 47.0 Å². The maximum Gasteiger partial charge on any atom is 0.218 e. The molecule has 0 spiro atoms. The highest BCUT2D eigenvalue weighted by Crippen LogP contribution is 2.17. The third kappa shape index (κ3) is 2.54. The Bertz CT molecular complexity index is 727. The van der Waals surface area contributed by atoms with Crippen LogP contribution in [0, 0.1) is 0 Å². The fraction of sp³-hybridized carbons (Fsp3) is 0.125. The van der Waals surface area contributed by atoms with E-state index in [9.17, 15) is 0 Å². The van der Waals surface area contributed by atoms with Gasteiger partial charge in [0.25, 0.3) is 0 Å². The summed E-state index contributed by atoms with van der Waals surface area (Å²) in [6, 6.07) is 16.0. The van der Waals surface area contributed by atoms with E-state index in [1.54, 1.807) is 13.3 Å². The molecule has 0 atom stereocenters. The molecule has 0 fully saturated rings. The number of rotatable bonds is 4. The van der Waals surface area contributed by atoms with Crippen molar-refractivity contribution >= 4 is 16.7 Å². The molecule has 100 valence electrons. The van der Waals surface area contributed by atoms with Crippen molar-refractivity contribution in [2.45, 2.75) is 6.54 Å². The van der Waals surface area contributed by atoms with Gasteiger partial charge in [0.15, 0.2) is 0 Å². The van der Waals surface area contributed by atoms with Gasteiger partial charge in [-0.1, -0.05) is 24.3 Å². The van der Waals surface area contributed by atoms with Crippen LogP contribution in [0.5, 0.6) is 5.88 Å². The van der Waals surface area contributed by atoms with Gasteiger partial charge in [0, 0.05) is 23.7 Å². The molecule has 3 aromatic rings. The zero-order valence-corrected chi connectivity index (χ0v) is 11.2. The van der Waals surface area contributed by atoms with Gasteiger partial charge in [-0.2, -0.15) is 0 Å². The third-order valence-electron chi connectivity index (χ3n) is 3.10. The normalized spacial score (nSPS) is 10.4. The highest BCUT2D eigenvalue weighted by atomic mass is 16.5. The molecule has 0 aliphatic carbocycles. The minimum atomic E-state index is 0.627. The lowest BCUT2D eigenvalue weighted by atomic mass is 10.2. The van der Waals surface area contributed by atoms with E-state index in [2.05, 4.69) is 27.4 Å². The number of nitrogens with zero attached hydrogens (tertiary/aromatic N) is 2. The van der Waals surface area contributed by atoms with Crippen LogP contribution < -0.4 is 10.1 Å². The lowest BCUT2D eigenvalue weighted by molar-refractivity contribution is 0.393. The molecule has 0 saturated heterocycles. The summed E-state index contributed by atoms with van der Waals surface area (Å²) >= 11 is 0. The number of nitrogens with one attached hydrogen (secondary N) is 1. The van der Waals surface area contributed by atoms with Gasteiger partial charge in [-0.25, -0.2) is 9.97 Å². The fourth-order valence-corrected chi connectivity index (χ4v) is 2.09. The lowest BCUT2D eigenvalue weighted by Crippen LogP contribution is -2.04. The van der Waals surface area contributed by atoms with Crippen LogP contribution in [0.1, 0.15) is 5.56 Å². The Labute approximate surface area is 117 Å². The van der Waals surface area contributed by atoms with Crippen LogP contribution in [-0.2, 0) is 6.54 Å². The molecule has 4 heteroatoms. The summed E-state index contributed by atoms with van der Waals surface area (Å²) in [4.78, 5) is 8.75. The van der Waals surface area contributed by atoms with Crippen LogP contribution in [0.25, 0.3) is 10.9 Å². The molecule has 0 unspecified atom stereocenters. The quantitative estimate of drug-likeness (QED) is 0.786. The molecule has 0 saturated carbocycles. The molecule has 4 nitrogen and oxygen atoms in total. The van der Waals surface area contributed by atoms with Gasteiger partial charge in [0.1, 0.15) is 5.82 Å². The van der Waals surface area contributed by atoms with Gasteiger partial charge < -0.3 is 10.1 Å². The van der Waals surface area contributed by atoms with Crippen molar-refractivity contribution in [2.24, 2.45) is 0 Å². The summed E-state index contributed by atoms with van der Waals surface area (Å²) in [6.45, 7) is 0.627. The number of hydrogen-bond acceptors (Lipinski definition) is 4. The Balaban J connectivity index is 1.79. The van der Waals surface area contributed by atoms with E-state index in [1.807, 2.05) is 36.4 Å². The second kappa shape index (κ2) is 5.57. The van der Waals surface area contributed by atoms with Crippen LogP contribution in [0.15, 0.2) is 54.7 Å². The van der Waals surface area contributed by atoms with Crippen molar-refractivity contribution < 1.29 is 4.74 Å². The first-order chi connectivity index (χ1) is 9.86. The summed E-state index contributed by atoms with van der Waals surface area (Å²) in [5.74, 6) is 1.48. The predicted octanol–water partition coefficient (Wildman–Crippen LogP) is 3.25. The fourth-order valence-electron chi connectivity index (χ4n) is 2.09. The first-order valence-corrected chi connectivity index (χ1v) is 6.44. The second-order valence-corrected chi connectivity index (χ2v) is 4.41. The Morgan fingerprint density at radius 3 is 2.85 bits per heavy atom. The van der Waals surface area contributed by atoms with Crippen molar-refractivity contribution in [1.29, 1.82) is 0 Å². The number of hydrogen-bond donors (Lipinski definition) is 1. The van der Waals surface area contributed by atoms with Gasteiger partial charge in [-0.3, -0.25) is 0 Å². The molecule has 1 N–H and O–H groups in total. The van der Waals surface area contributed by atoms with Crippen LogP contribution in [0.3, 0.4) is 0 Å². The Kier molecular flexibility index (Phi) is 3.46. The zero-order valence-electron chi connectivity index (χ0n) is 11.2. The molecule has 2 aromatic heterocycles. The van der Waals surface area contributed by atoms with Gasteiger partial charge in [0.2, 0.25) is 5.88 Å². The van der Waals surface area contributed by atoms with Crippen molar-refractivity contribution in [2.75, 3.05) is 12.4 Å². The molecular formula is C16H15N3O. The zero-order chi connectivity index (χ0) is 13.8. The number of fused-ring (bicyclic) bond motifs is 1. The number of para-hydroxylation sites is 1. The monoisotopic (exact) mass is 265 g/mol. The minimum absolute atomic E-state index is 0.627. The molecule has 0 radical (unpaired) electrons. The van der Waals surface area contributed by atoms with Crippen LogP contribution in [0.4, 0.5) is 5.82 Å². The molecule has 0 amide bonds. The number of anilines is 1. The van der Waals surface area contributed by atoms with Crippen LogP contribution in [0.2, 0.25) is 0 Å². The predicted molar refractivity (Wildman–Crippen MR) is 79.9 cm³/mol. The van der Waals surface area contributed by atoms with Crippen molar-refractivity contribution in [3.63, 3.8) is 0 Å². The van der Waals surface area contributed by atoms with E-state index in [0.29, 0.717) is 12.4 Å². The Morgan fingerprint density at radius 1 is 1.05 bits per heavy atom. The molecule has 0 aliphatic rings. The highest BCUT2D eigenvalue weighted by molar-refractivity contribution is 5.80. The van der Waals surface area contributed by atoms with Crippen LogP contribution >= 0.6 is 0 Å². The summed E-state index contributed by atoms with van der Waals surface area (Å²) in [5, 5.41) is 4.43. The molecule has 3 rings (SSSR count). The van der Waals surface area contributed by atoms with Gasteiger partial charge in [-0.05, 0) is 24.3 Å². The summed E-state index contributed by atoms with van der Waals surface area (Å²) in [6.07, 6.45) is 1.72. The average molecular weight is 265 g/mol. The van der Waals surface area contributed by atoms with Crippen LogP contribution in [-0.4, -0.2) is 17.1 Å². The van der Waals surface area contributed by atoms with Gasteiger partial charge in [-0.15, -0.1) is 0 Å². The summed E-state index contributed by atoms with van der Waals surface area (Å²) in [7, 11) is 1.63. The first-order valence-electron chi connectivity index (χ1n) is 6.44. The molecule has 2 heterocycles. The number of methoxy groups -OCH3 is 1.